The number of thiazole rings is 2. The van der Waals surface area contributed by atoms with Gasteiger partial charge in [0, 0.05) is 27.3 Å². The maximum Gasteiger partial charge on any atom is 0.301 e. The zero-order valence-corrected chi connectivity index (χ0v) is 20.7. The molecule has 0 spiro atoms. The predicted molar refractivity (Wildman–Crippen MR) is 139 cm³/mol. The summed E-state index contributed by atoms with van der Waals surface area (Å²) in [6.07, 6.45) is 0. The second-order valence-corrected chi connectivity index (χ2v) is 9.80. The Kier molecular flexibility index (Phi) is 6.49. The van der Waals surface area contributed by atoms with Gasteiger partial charge in [0.05, 0.1) is 23.7 Å². The average molecular weight is 503 g/mol. The van der Waals surface area contributed by atoms with Gasteiger partial charge >= 0.3 is 5.56 Å². The molecule has 5 aromatic rings. The maximum atomic E-state index is 13.5. The molecule has 0 saturated carbocycles. The Morgan fingerprint density at radius 3 is 2.40 bits per heavy atom. The van der Waals surface area contributed by atoms with Crippen molar-refractivity contribution < 1.29 is 5.11 Å². The molecule has 0 bridgehead atoms. The average Bonchev–Trinajstić information content (AvgIpc) is 3.60. The van der Waals surface area contributed by atoms with Crippen molar-refractivity contribution in [3.8, 4) is 27.6 Å². The van der Waals surface area contributed by atoms with E-state index >= 15 is 0 Å². The summed E-state index contributed by atoms with van der Waals surface area (Å²) in [6, 6.07) is 19.3. The molecule has 10 heteroatoms. The Bertz CT molecular complexity index is 1530. The van der Waals surface area contributed by atoms with E-state index in [0.29, 0.717) is 16.0 Å². The standard InChI is InChI=1S/C25H22N6O2S2/c1-15(13-32)22-16(2)26-24(35-22)29-28-21-20(18-11-7-4-8-12-18)30-31(23(21)33)25-27-19(14-34-25)17-9-5-3-6-10-17/h3-12,14-15,30,32H,13H2,1-2H3. The number of aryl methyl sites for hydroxylation is 1. The Hall–Kier alpha value is -3.73. The van der Waals surface area contributed by atoms with E-state index in [4.69, 9.17) is 0 Å². The van der Waals surface area contributed by atoms with Crippen molar-refractivity contribution in [2.45, 2.75) is 19.8 Å². The van der Waals surface area contributed by atoms with Gasteiger partial charge in [-0.3, -0.25) is 9.89 Å². The van der Waals surface area contributed by atoms with Gasteiger partial charge in [-0.05, 0) is 6.92 Å². The van der Waals surface area contributed by atoms with E-state index < -0.39 is 0 Å². The Balaban J connectivity index is 1.57. The molecule has 2 N–H and O–H groups in total. The summed E-state index contributed by atoms with van der Waals surface area (Å²) in [5.74, 6) is -0.0375. The van der Waals surface area contributed by atoms with Gasteiger partial charge in [-0.25, -0.2) is 9.97 Å². The summed E-state index contributed by atoms with van der Waals surface area (Å²) in [5.41, 5.74) is 3.76. The number of benzene rings is 2. The maximum absolute atomic E-state index is 13.5. The number of aromatic amines is 1. The fourth-order valence-electron chi connectivity index (χ4n) is 3.64. The normalized spacial score (nSPS) is 12.4. The first kappa shape index (κ1) is 23.0. The molecule has 0 aliphatic rings. The molecule has 0 fully saturated rings. The lowest BCUT2D eigenvalue weighted by molar-refractivity contribution is 0.274. The molecule has 176 valence electrons. The number of aliphatic hydroxyl groups is 1. The van der Waals surface area contributed by atoms with Crippen LogP contribution in [0.25, 0.3) is 27.6 Å². The first-order chi connectivity index (χ1) is 17.0. The quantitative estimate of drug-likeness (QED) is 0.257. The van der Waals surface area contributed by atoms with Crippen LogP contribution in [0, 0.1) is 6.92 Å². The lowest BCUT2D eigenvalue weighted by Gasteiger charge is -2.03. The topological polar surface area (TPSA) is 109 Å². The Morgan fingerprint density at radius 2 is 1.71 bits per heavy atom. The molecular formula is C25H22N6O2S2. The van der Waals surface area contributed by atoms with Crippen LogP contribution in [0.5, 0.6) is 0 Å². The summed E-state index contributed by atoms with van der Waals surface area (Å²) in [7, 11) is 0. The number of H-pyrrole nitrogens is 1. The molecule has 0 saturated heterocycles. The van der Waals surface area contributed by atoms with Crippen LogP contribution in [-0.4, -0.2) is 31.5 Å². The number of nitrogens with zero attached hydrogens (tertiary/aromatic N) is 5. The van der Waals surface area contributed by atoms with Crippen LogP contribution in [0.1, 0.15) is 23.4 Å². The highest BCUT2D eigenvalue weighted by molar-refractivity contribution is 7.15. The molecule has 1 unspecified atom stereocenters. The van der Waals surface area contributed by atoms with Crippen molar-refractivity contribution >= 4 is 33.5 Å². The highest BCUT2D eigenvalue weighted by Crippen LogP contribution is 2.33. The Labute approximate surface area is 209 Å². The van der Waals surface area contributed by atoms with Crippen LogP contribution in [0.4, 0.5) is 10.8 Å². The smallest absolute Gasteiger partial charge is 0.301 e. The molecular weight excluding hydrogens is 480 g/mol. The number of azo groups is 1. The highest BCUT2D eigenvalue weighted by atomic mass is 32.1. The van der Waals surface area contributed by atoms with E-state index in [2.05, 4.69) is 25.3 Å². The third kappa shape index (κ3) is 4.63. The van der Waals surface area contributed by atoms with Crippen LogP contribution in [-0.2, 0) is 0 Å². The predicted octanol–water partition coefficient (Wildman–Crippen LogP) is 6.23. The lowest BCUT2D eigenvalue weighted by Crippen LogP contribution is -2.13. The first-order valence-corrected chi connectivity index (χ1v) is 12.7. The van der Waals surface area contributed by atoms with E-state index in [1.165, 1.54) is 27.4 Å². The van der Waals surface area contributed by atoms with Crippen LogP contribution in [0.2, 0.25) is 0 Å². The molecule has 1 atom stereocenters. The van der Waals surface area contributed by atoms with E-state index in [-0.39, 0.29) is 23.8 Å². The van der Waals surface area contributed by atoms with Gasteiger partial charge in [-0.1, -0.05) is 78.9 Å². The van der Waals surface area contributed by atoms with Gasteiger partial charge in [0.1, 0.15) is 0 Å². The third-order valence-corrected chi connectivity index (χ3v) is 7.56. The molecule has 2 aromatic carbocycles. The molecule has 0 aliphatic heterocycles. The summed E-state index contributed by atoms with van der Waals surface area (Å²) >= 11 is 2.73. The van der Waals surface area contributed by atoms with Crippen LogP contribution < -0.4 is 5.56 Å². The Morgan fingerprint density at radius 1 is 1.03 bits per heavy atom. The molecule has 0 aliphatic carbocycles. The minimum absolute atomic E-state index is 0.0269. The molecule has 3 aromatic heterocycles. The lowest BCUT2D eigenvalue weighted by atomic mass is 10.1. The summed E-state index contributed by atoms with van der Waals surface area (Å²) < 4.78 is 1.40. The fraction of sp³-hybridized carbons (Fsp3) is 0.160. The zero-order chi connectivity index (χ0) is 24.4. The first-order valence-electron chi connectivity index (χ1n) is 11.0. The van der Waals surface area contributed by atoms with E-state index in [1.54, 1.807) is 0 Å². The van der Waals surface area contributed by atoms with E-state index in [0.717, 1.165) is 27.4 Å². The van der Waals surface area contributed by atoms with Gasteiger partial charge in [0.2, 0.25) is 10.3 Å². The van der Waals surface area contributed by atoms with Crippen molar-refractivity contribution in [3.63, 3.8) is 0 Å². The second-order valence-electron chi connectivity index (χ2n) is 7.95. The van der Waals surface area contributed by atoms with E-state index in [9.17, 15) is 9.90 Å². The molecule has 35 heavy (non-hydrogen) atoms. The van der Waals surface area contributed by atoms with Gasteiger partial charge in [0.25, 0.3) is 0 Å². The SMILES string of the molecule is Cc1nc(N=Nc2c(-c3ccccc3)[nH]n(-c3nc(-c4ccccc4)cs3)c2=O)sc1C(C)CO. The minimum Gasteiger partial charge on any atom is -0.396 e. The molecule has 5 rings (SSSR count). The summed E-state index contributed by atoms with van der Waals surface area (Å²) in [5, 5.41) is 24.1. The van der Waals surface area contributed by atoms with Gasteiger partial charge < -0.3 is 5.11 Å². The number of rotatable bonds is 7. The fourth-order valence-corrected chi connectivity index (χ4v) is 5.36. The van der Waals surface area contributed by atoms with Crippen LogP contribution in [0.15, 0.2) is 81.1 Å². The summed E-state index contributed by atoms with van der Waals surface area (Å²) in [6.45, 7) is 3.83. The van der Waals surface area contributed by atoms with Crippen molar-refractivity contribution in [1.82, 2.24) is 19.7 Å². The highest BCUT2D eigenvalue weighted by Gasteiger charge is 2.20. The van der Waals surface area contributed by atoms with Gasteiger partial charge in [-0.15, -0.1) is 21.6 Å². The number of aliphatic hydroxyl groups excluding tert-OH is 1. The van der Waals surface area contributed by atoms with Gasteiger partial charge in [0.15, 0.2) is 5.69 Å². The molecule has 0 amide bonds. The minimum atomic E-state index is -0.348. The van der Waals surface area contributed by atoms with Crippen molar-refractivity contribution in [2.24, 2.45) is 10.2 Å². The molecule has 0 radical (unpaired) electrons. The zero-order valence-electron chi connectivity index (χ0n) is 19.0. The monoisotopic (exact) mass is 502 g/mol. The van der Waals surface area contributed by atoms with Crippen LogP contribution in [0.3, 0.4) is 0 Å². The largest absolute Gasteiger partial charge is 0.396 e. The molecule has 8 nitrogen and oxygen atoms in total. The third-order valence-electron chi connectivity index (χ3n) is 5.46. The summed E-state index contributed by atoms with van der Waals surface area (Å²) in [4.78, 5) is 23.5. The number of hydrogen-bond donors (Lipinski definition) is 2. The number of hydrogen-bond acceptors (Lipinski definition) is 8. The molecule has 3 heterocycles. The van der Waals surface area contributed by atoms with Crippen molar-refractivity contribution in [1.29, 1.82) is 0 Å². The van der Waals surface area contributed by atoms with Gasteiger partial charge in [-0.2, -0.15) is 4.68 Å². The van der Waals surface area contributed by atoms with Crippen LogP contribution >= 0.6 is 22.7 Å². The number of aromatic nitrogens is 4. The van der Waals surface area contributed by atoms with E-state index in [1.807, 2.05) is 79.9 Å². The number of nitrogens with one attached hydrogen (secondary N) is 1. The van der Waals surface area contributed by atoms with Crippen molar-refractivity contribution in [2.75, 3.05) is 6.61 Å². The van der Waals surface area contributed by atoms with Crippen molar-refractivity contribution in [3.05, 3.63) is 87.0 Å². The second kappa shape index (κ2) is 9.87.